The van der Waals surface area contributed by atoms with E-state index in [1.807, 2.05) is 60.4 Å². The lowest BCUT2D eigenvalue weighted by Gasteiger charge is -2.22. The van der Waals surface area contributed by atoms with Crippen LogP contribution in [0.2, 0.25) is 0 Å². The fourth-order valence-electron chi connectivity index (χ4n) is 2.74. The van der Waals surface area contributed by atoms with E-state index in [1.54, 1.807) is 0 Å². The number of nitrogens with two attached hydrogens (primary N) is 1. The first kappa shape index (κ1) is 12.7. The van der Waals surface area contributed by atoms with Gasteiger partial charge in [-0.05, 0) is 36.6 Å². The third kappa shape index (κ3) is 2.16. The zero-order valence-electron chi connectivity index (χ0n) is 11.5. The first-order valence-corrected chi connectivity index (χ1v) is 6.91. The maximum Gasteiger partial charge on any atom is 0.234 e. The third-order valence-electron chi connectivity index (χ3n) is 3.94. The minimum atomic E-state index is -0.136. The standard InChI is InChI=1S/C17H18N2O/c1-12(13-5-3-2-4-6-13)17(20)19-10-9-14-7-8-15(18)11-16(14)19/h2-8,11-12H,9-10,18H2,1H3. The summed E-state index contributed by atoms with van der Waals surface area (Å²) in [7, 11) is 0. The summed E-state index contributed by atoms with van der Waals surface area (Å²) in [5.41, 5.74) is 9.77. The van der Waals surface area contributed by atoms with Crippen LogP contribution in [0.15, 0.2) is 48.5 Å². The highest BCUT2D eigenvalue weighted by atomic mass is 16.2. The van der Waals surface area contributed by atoms with Crippen molar-refractivity contribution in [2.75, 3.05) is 17.2 Å². The minimum absolute atomic E-state index is 0.136. The predicted molar refractivity (Wildman–Crippen MR) is 81.8 cm³/mol. The average molecular weight is 266 g/mol. The molecule has 0 aromatic heterocycles. The molecule has 0 saturated heterocycles. The Kier molecular flexibility index (Phi) is 3.18. The molecule has 1 heterocycles. The lowest BCUT2D eigenvalue weighted by atomic mass is 10.00. The van der Waals surface area contributed by atoms with Crippen LogP contribution in [0, 0.1) is 0 Å². The van der Waals surface area contributed by atoms with Crippen LogP contribution < -0.4 is 10.6 Å². The van der Waals surface area contributed by atoms with Crippen molar-refractivity contribution in [1.29, 1.82) is 0 Å². The van der Waals surface area contributed by atoms with Gasteiger partial charge in [-0.3, -0.25) is 4.79 Å². The van der Waals surface area contributed by atoms with Crippen LogP contribution in [0.25, 0.3) is 0 Å². The fraction of sp³-hybridized carbons (Fsp3) is 0.235. The van der Waals surface area contributed by atoms with Gasteiger partial charge in [0.1, 0.15) is 0 Å². The molecule has 0 fully saturated rings. The van der Waals surface area contributed by atoms with E-state index in [1.165, 1.54) is 5.56 Å². The highest BCUT2D eigenvalue weighted by Crippen LogP contribution is 2.32. The maximum atomic E-state index is 12.7. The van der Waals surface area contributed by atoms with Gasteiger partial charge in [0.15, 0.2) is 0 Å². The summed E-state index contributed by atoms with van der Waals surface area (Å²) in [5, 5.41) is 0. The molecule has 1 unspecified atom stereocenters. The number of carbonyl (C=O) groups excluding carboxylic acids is 1. The molecule has 0 bridgehead atoms. The van der Waals surface area contributed by atoms with Crippen molar-refractivity contribution in [1.82, 2.24) is 0 Å². The highest BCUT2D eigenvalue weighted by Gasteiger charge is 2.28. The van der Waals surface area contributed by atoms with Gasteiger partial charge in [0, 0.05) is 17.9 Å². The largest absolute Gasteiger partial charge is 0.399 e. The summed E-state index contributed by atoms with van der Waals surface area (Å²) in [6, 6.07) is 15.7. The second-order valence-corrected chi connectivity index (χ2v) is 5.26. The zero-order chi connectivity index (χ0) is 14.1. The molecule has 2 aromatic carbocycles. The number of rotatable bonds is 2. The Labute approximate surface area is 119 Å². The molecule has 3 nitrogen and oxygen atoms in total. The van der Waals surface area contributed by atoms with Crippen molar-refractivity contribution in [3.05, 3.63) is 59.7 Å². The van der Waals surface area contributed by atoms with E-state index in [0.717, 1.165) is 24.2 Å². The lowest BCUT2D eigenvalue weighted by molar-refractivity contribution is -0.119. The predicted octanol–water partition coefficient (Wildman–Crippen LogP) is 2.96. The van der Waals surface area contributed by atoms with E-state index in [-0.39, 0.29) is 11.8 Å². The number of hydrogen-bond donors (Lipinski definition) is 1. The Morgan fingerprint density at radius 2 is 1.95 bits per heavy atom. The fourth-order valence-corrected chi connectivity index (χ4v) is 2.74. The quantitative estimate of drug-likeness (QED) is 0.849. The number of anilines is 2. The summed E-state index contributed by atoms with van der Waals surface area (Å²) in [6.45, 7) is 2.71. The molecule has 0 aliphatic carbocycles. The van der Waals surface area contributed by atoms with E-state index in [4.69, 9.17) is 5.73 Å². The molecule has 20 heavy (non-hydrogen) atoms. The van der Waals surface area contributed by atoms with Gasteiger partial charge in [-0.25, -0.2) is 0 Å². The van der Waals surface area contributed by atoms with Gasteiger partial charge in [0.05, 0.1) is 5.92 Å². The molecule has 3 heteroatoms. The van der Waals surface area contributed by atoms with Gasteiger partial charge in [-0.1, -0.05) is 36.4 Å². The second kappa shape index (κ2) is 5.00. The molecule has 3 rings (SSSR count). The van der Waals surface area contributed by atoms with E-state index in [0.29, 0.717) is 5.69 Å². The number of benzene rings is 2. The first-order valence-electron chi connectivity index (χ1n) is 6.91. The number of fused-ring (bicyclic) bond motifs is 1. The molecule has 0 saturated carbocycles. The zero-order valence-corrected chi connectivity index (χ0v) is 11.5. The molecule has 1 atom stereocenters. The van der Waals surface area contributed by atoms with Crippen molar-refractivity contribution in [2.45, 2.75) is 19.3 Å². The average Bonchev–Trinajstić information content (AvgIpc) is 2.89. The monoisotopic (exact) mass is 266 g/mol. The van der Waals surface area contributed by atoms with Gasteiger partial charge in [-0.15, -0.1) is 0 Å². The number of amides is 1. The Bertz CT molecular complexity index is 637. The highest BCUT2D eigenvalue weighted by molar-refractivity contribution is 6.00. The molecule has 2 N–H and O–H groups in total. The summed E-state index contributed by atoms with van der Waals surface area (Å²) in [6.07, 6.45) is 0.906. The minimum Gasteiger partial charge on any atom is -0.399 e. The summed E-state index contributed by atoms with van der Waals surface area (Å²) in [4.78, 5) is 14.6. The molecule has 0 spiro atoms. The van der Waals surface area contributed by atoms with Gasteiger partial charge in [-0.2, -0.15) is 0 Å². The van der Waals surface area contributed by atoms with E-state index in [2.05, 4.69) is 0 Å². The summed E-state index contributed by atoms with van der Waals surface area (Å²) in [5.74, 6) is 0.00382. The van der Waals surface area contributed by atoms with Crippen LogP contribution in [0.1, 0.15) is 24.0 Å². The SMILES string of the molecule is CC(C(=O)N1CCc2ccc(N)cc21)c1ccccc1. The van der Waals surface area contributed by atoms with Gasteiger partial charge < -0.3 is 10.6 Å². The molecule has 1 aliphatic heterocycles. The van der Waals surface area contributed by atoms with Crippen molar-refractivity contribution >= 4 is 17.3 Å². The molecule has 1 aliphatic rings. The van der Waals surface area contributed by atoms with Crippen LogP contribution in [0.5, 0.6) is 0 Å². The van der Waals surface area contributed by atoms with Crippen LogP contribution in [0.3, 0.4) is 0 Å². The summed E-state index contributed by atoms with van der Waals surface area (Å²) >= 11 is 0. The normalized spacial score (nSPS) is 14.9. The molecular weight excluding hydrogens is 248 g/mol. The molecule has 102 valence electrons. The van der Waals surface area contributed by atoms with Gasteiger partial charge in [0.25, 0.3) is 0 Å². The number of carbonyl (C=O) groups is 1. The van der Waals surface area contributed by atoms with Crippen LogP contribution in [-0.2, 0) is 11.2 Å². The Morgan fingerprint density at radius 3 is 2.70 bits per heavy atom. The van der Waals surface area contributed by atoms with Crippen LogP contribution in [-0.4, -0.2) is 12.5 Å². The van der Waals surface area contributed by atoms with Crippen molar-refractivity contribution in [3.63, 3.8) is 0 Å². The van der Waals surface area contributed by atoms with Crippen molar-refractivity contribution in [2.24, 2.45) is 0 Å². The van der Waals surface area contributed by atoms with Gasteiger partial charge >= 0.3 is 0 Å². The smallest absolute Gasteiger partial charge is 0.234 e. The second-order valence-electron chi connectivity index (χ2n) is 5.26. The molecular formula is C17H18N2O. The first-order chi connectivity index (χ1) is 9.66. The maximum absolute atomic E-state index is 12.7. The van der Waals surface area contributed by atoms with E-state index in [9.17, 15) is 4.79 Å². The Balaban J connectivity index is 1.88. The van der Waals surface area contributed by atoms with Crippen molar-refractivity contribution < 1.29 is 4.79 Å². The molecule has 2 aromatic rings. The van der Waals surface area contributed by atoms with Gasteiger partial charge in [0.2, 0.25) is 5.91 Å². The third-order valence-corrected chi connectivity index (χ3v) is 3.94. The number of nitrogens with zero attached hydrogens (tertiary/aromatic N) is 1. The lowest BCUT2D eigenvalue weighted by Crippen LogP contribution is -2.32. The Hall–Kier alpha value is -2.29. The topological polar surface area (TPSA) is 46.3 Å². The van der Waals surface area contributed by atoms with Crippen LogP contribution >= 0.6 is 0 Å². The number of nitrogen functional groups attached to an aromatic ring is 1. The summed E-state index contributed by atoms with van der Waals surface area (Å²) < 4.78 is 0. The number of hydrogen-bond acceptors (Lipinski definition) is 2. The van der Waals surface area contributed by atoms with Crippen molar-refractivity contribution in [3.8, 4) is 0 Å². The van der Waals surface area contributed by atoms with E-state index >= 15 is 0 Å². The van der Waals surface area contributed by atoms with E-state index < -0.39 is 0 Å². The molecule has 1 amide bonds. The molecule has 0 radical (unpaired) electrons. The Morgan fingerprint density at radius 1 is 1.20 bits per heavy atom. The van der Waals surface area contributed by atoms with Crippen LogP contribution in [0.4, 0.5) is 11.4 Å².